The lowest BCUT2D eigenvalue weighted by Crippen LogP contribution is -1.91. The van der Waals surface area contributed by atoms with Crippen LogP contribution >= 0.6 is 0 Å². The molecule has 0 aliphatic heterocycles. The number of pyridine rings is 3. The third kappa shape index (κ3) is 2.21. The van der Waals surface area contributed by atoms with E-state index < -0.39 is 0 Å². The monoisotopic (exact) mass is 396 g/mol. The average Bonchev–Trinajstić information content (AvgIpc) is 3.25. The van der Waals surface area contributed by atoms with E-state index >= 15 is 0 Å². The summed E-state index contributed by atoms with van der Waals surface area (Å²) in [6, 6.07) is 27.3. The molecule has 0 N–H and O–H groups in total. The molecule has 4 nitrogen and oxygen atoms in total. The maximum absolute atomic E-state index is 5.20. The van der Waals surface area contributed by atoms with E-state index in [1.54, 1.807) is 0 Å². The summed E-state index contributed by atoms with van der Waals surface area (Å²) in [6.07, 6.45) is 5.77. The summed E-state index contributed by atoms with van der Waals surface area (Å²) in [7, 11) is 0. The first-order valence-corrected chi connectivity index (χ1v) is 10.3. The highest BCUT2D eigenvalue weighted by Gasteiger charge is 2.18. The molecular formula is C27H16N4. The van der Waals surface area contributed by atoms with Crippen molar-refractivity contribution in [2.45, 2.75) is 0 Å². The maximum atomic E-state index is 5.20. The van der Waals surface area contributed by atoms with Gasteiger partial charge in [-0.3, -0.25) is 14.4 Å². The molecule has 4 aromatic heterocycles. The summed E-state index contributed by atoms with van der Waals surface area (Å²) < 4.78 is 2.21. The second-order valence-corrected chi connectivity index (χ2v) is 7.75. The molecule has 3 aromatic carbocycles. The number of hydrogen-bond acceptors (Lipinski definition) is 3. The molecule has 7 rings (SSSR count). The Morgan fingerprint density at radius 2 is 1.39 bits per heavy atom. The predicted molar refractivity (Wildman–Crippen MR) is 126 cm³/mol. The maximum Gasteiger partial charge on any atom is 0.146 e. The van der Waals surface area contributed by atoms with Gasteiger partial charge in [-0.2, -0.15) is 0 Å². The quantitative estimate of drug-likeness (QED) is 0.301. The molecule has 7 aromatic rings. The summed E-state index contributed by atoms with van der Waals surface area (Å²) in [6.45, 7) is 0. The van der Waals surface area contributed by atoms with Crippen LogP contribution in [0, 0.1) is 0 Å². The highest BCUT2D eigenvalue weighted by Crippen LogP contribution is 2.37. The van der Waals surface area contributed by atoms with E-state index in [9.17, 15) is 0 Å². The molecule has 0 bridgehead atoms. The van der Waals surface area contributed by atoms with Crippen LogP contribution in [0.4, 0.5) is 0 Å². The molecule has 0 fully saturated rings. The van der Waals surface area contributed by atoms with Crippen LogP contribution in [0.5, 0.6) is 0 Å². The van der Waals surface area contributed by atoms with E-state index in [0.29, 0.717) is 0 Å². The van der Waals surface area contributed by atoms with E-state index in [0.717, 1.165) is 43.9 Å². The van der Waals surface area contributed by atoms with Crippen molar-refractivity contribution in [3.8, 4) is 11.1 Å². The lowest BCUT2D eigenvalue weighted by Gasteiger charge is -2.09. The second kappa shape index (κ2) is 6.09. The van der Waals surface area contributed by atoms with Crippen molar-refractivity contribution in [2.24, 2.45) is 0 Å². The highest BCUT2D eigenvalue weighted by molar-refractivity contribution is 6.22. The van der Waals surface area contributed by atoms with Crippen LogP contribution in [-0.4, -0.2) is 19.4 Å². The third-order valence-electron chi connectivity index (χ3n) is 6.07. The molecule has 0 unspecified atom stereocenters. The number of benzene rings is 3. The number of fused-ring (bicyclic) bond motifs is 10. The minimum absolute atomic E-state index is 0.890. The fourth-order valence-corrected chi connectivity index (χ4v) is 4.74. The van der Waals surface area contributed by atoms with Gasteiger partial charge in [-0.25, -0.2) is 4.98 Å². The molecule has 0 spiro atoms. The van der Waals surface area contributed by atoms with Crippen molar-refractivity contribution in [1.82, 2.24) is 19.4 Å². The first-order valence-electron chi connectivity index (χ1n) is 10.3. The Balaban J connectivity index is 1.76. The minimum atomic E-state index is 0.890. The predicted octanol–water partition coefficient (Wildman–Crippen LogP) is 6.40. The molecule has 0 saturated carbocycles. The van der Waals surface area contributed by atoms with Gasteiger partial charge in [0.1, 0.15) is 5.65 Å². The van der Waals surface area contributed by atoms with Gasteiger partial charge in [-0.15, -0.1) is 0 Å². The summed E-state index contributed by atoms with van der Waals surface area (Å²) in [4.78, 5) is 14.5. The van der Waals surface area contributed by atoms with E-state index in [1.807, 2.05) is 30.6 Å². The number of hydrogen-bond donors (Lipinski definition) is 0. The van der Waals surface area contributed by atoms with Gasteiger partial charge >= 0.3 is 0 Å². The topological polar surface area (TPSA) is 43.1 Å². The molecule has 4 heteroatoms. The van der Waals surface area contributed by atoms with Crippen LogP contribution in [0.1, 0.15) is 0 Å². The van der Waals surface area contributed by atoms with Crippen molar-refractivity contribution < 1.29 is 0 Å². The lowest BCUT2D eigenvalue weighted by molar-refractivity contribution is 1.25. The van der Waals surface area contributed by atoms with Gasteiger partial charge < -0.3 is 0 Å². The molecule has 0 saturated heterocycles. The van der Waals surface area contributed by atoms with Gasteiger partial charge in [0.2, 0.25) is 0 Å². The van der Waals surface area contributed by atoms with Crippen LogP contribution in [0.2, 0.25) is 0 Å². The molecule has 0 aliphatic carbocycles. The Hall–Kier alpha value is -4.31. The van der Waals surface area contributed by atoms with Crippen LogP contribution in [0.15, 0.2) is 97.5 Å². The van der Waals surface area contributed by atoms with Crippen LogP contribution in [0.25, 0.3) is 60.4 Å². The van der Waals surface area contributed by atoms with E-state index in [1.165, 1.54) is 16.5 Å². The SMILES string of the molecule is c1ccc(-c2cccc3ccn4c(nc5c6cccnc6c6ncccc6c54)c23)cc1. The number of imidazole rings is 1. The molecule has 144 valence electrons. The zero-order valence-electron chi connectivity index (χ0n) is 16.5. The van der Waals surface area contributed by atoms with Gasteiger partial charge in [0, 0.05) is 34.7 Å². The summed E-state index contributed by atoms with van der Waals surface area (Å²) in [5, 5.41) is 4.42. The smallest absolute Gasteiger partial charge is 0.146 e. The van der Waals surface area contributed by atoms with Crippen LogP contribution < -0.4 is 0 Å². The van der Waals surface area contributed by atoms with Crippen molar-refractivity contribution in [3.05, 3.63) is 97.5 Å². The lowest BCUT2D eigenvalue weighted by atomic mass is 9.99. The van der Waals surface area contributed by atoms with E-state index in [2.05, 4.69) is 81.2 Å². The Morgan fingerprint density at radius 1 is 0.613 bits per heavy atom. The van der Waals surface area contributed by atoms with Gasteiger partial charge in [0.05, 0.1) is 22.1 Å². The number of rotatable bonds is 1. The van der Waals surface area contributed by atoms with Crippen molar-refractivity contribution in [1.29, 1.82) is 0 Å². The summed E-state index contributed by atoms with van der Waals surface area (Å²) in [5.41, 5.74) is 7.15. The summed E-state index contributed by atoms with van der Waals surface area (Å²) >= 11 is 0. The van der Waals surface area contributed by atoms with Gasteiger partial charge in [-0.1, -0.05) is 48.5 Å². The minimum Gasteiger partial charge on any atom is -0.298 e. The first-order chi connectivity index (χ1) is 15.4. The van der Waals surface area contributed by atoms with Crippen molar-refractivity contribution >= 4 is 49.3 Å². The largest absolute Gasteiger partial charge is 0.298 e. The first kappa shape index (κ1) is 16.5. The van der Waals surface area contributed by atoms with Crippen molar-refractivity contribution in [3.63, 3.8) is 0 Å². The third-order valence-corrected chi connectivity index (χ3v) is 6.07. The zero-order valence-corrected chi connectivity index (χ0v) is 16.5. The second-order valence-electron chi connectivity index (χ2n) is 7.75. The number of aromatic nitrogens is 4. The fourth-order valence-electron chi connectivity index (χ4n) is 4.74. The van der Waals surface area contributed by atoms with Crippen molar-refractivity contribution in [2.75, 3.05) is 0 Å². The van der Waals surface area contributed by atoms with Gasteiger partial charge in [0.15, 0.2) is 0 Å². The Bertz CT molecular complexity index is 1780. The molecule has 0 amide bonds. The standard InChI is InChI=1S/C27H16N4/c1-2-7-17(8-3-1)19-10-4-9-18-13-16-31-26-21-12-6-15-29-24(21)23-20(11-5-14-28-23)25(26)30-27(31)22(18)19/h1-16H. The molecule has 4 heterocycles. The zero-order chi connectivity index (χ0) is 20.4. The highest BCUT2D eigenvalue weighted by atomic mass is 15.0. The molecule has 0 atom stereocenters. The average molecular weight is 396 g/mol. The molecular weight excluding hydrogens is 380 g/mol. The Labute approximate surface area is 177 Å². The molecule has 0 aliphatic rings. The summed E-state index contributed by atoms with van der Waals surface area (Å²) in [5.74, 6) is 0. The fraction of sp³-hybridized carbons (Fsp3) is 0. The van der Waals surface area contributed by atoms with Gasteiger partial charge in [-0.05, 0) is 46.8 Å². The molecule has 0 radical (unpaired) electrons. The van der Waals surface area contributed by atoms with E-state index in [4.69, 9.17) is 4.98 Å². The molecule has 31 heavy (non-hydrogen) atoms. The normalized spacial score (nSPS) is 11.9. The van der Waals surface area contributed by atoms with Crippen LogP contribution in [0.3, 0.4) is 0 Å². The number of nitrogens with zero attached hydrogens (tertiary/aromatic N) is 4. The Morgan fingerprint density at radius 3 is 2.23 bits per heavy atom. The Kier molecular flexibility index (Phi) is 3.24. The van der Waals surface area contributed by atoms with Crippen LogP contribution in [-0.2, 0) is 0 Å². The van der Waals surface area contributed by atoms with E-state index in [-0.39, 0.29) is 0 Å². The van der Waals surface area contributed by atoms with Gasteiger partial charge in [0.25, 0.3) is 0 Å².